The van der Waals surface area contributed by atoms with Gasteiger partial charge in [0.05, 0.1) is 6.61 Å². The fourth-order valence-electron chi connectivity index (χ4n) is 1.67. The van der Waals surface area contributed by atoms with Gasteiger partial charge in [0.2, 0.25) is 5.83 Å². The summed E-state index contributed by atoms with van der Waals surface area (Å²) in [6.45, 7) is 3.47. The highest BCUT2D eigenvalue weighted by molar-refractivity contribution is 7.86. The first-order chi connectivity index (χ1) is 13.4. The number of nitrogens with one attached hydrogen (secondary N) is 1. The van der Waals surface area contributed by atoms with Crippen molar-refractivity contribution in [3.8, 4) is 0 Å². The van der Waals surface area contributed by atoms with E-state index in [9.17, 15) is 57.7 Å². The standard InChI is InChI=1S/C14H17F8NO7S/c1-7(15)8(24)30-12(13(18,19)20,9(25)23-10(2,3)4)29-6-5-11(16,17)14(21,22)31(26,27)28/h1,5-6H2,2-4H3,(H,23,25)(H,26,27,28)/p-1. The average Bonchev–Trinajstić information content (AvgIpc) is 2.49. The molecule has 0 heterocycles. The summed E-state index contributed by atoms with van der Waals surface area (Å²) < 4.78 is 145. The summed E-state index contributed by atoms with van der Waals surface area (Å²) in [4.78, 5) is 23.4. The van der Waals surface area contributed by atoms with E-state index in [4.69, 9.17) is 0 Å². The van der Waals surface area contributed by atoms with Crippen LogP contribution in [0.3, 0.4) is 0 Å². The highest BCUT2D eigenvalue weighted by Gasteiger charge is 2.68. The van der Waals surface area contributed by atoms with Crippen LogP contribution in [-0.4, -0.2) is 60.1 Å². The van der Waals surface area contributed by atoms with E-state index in [0.29, 0.717) is 0 Å². The minimum atomic E-state index is -6.96. The lowest BCUT2D eigenvalue weighted by atomic mass is 10.1. The highest BCUT2D eigenvalue weighted by atomic mass is 32.2. The normalized spacial score (nSPS) is 15.7. The summed E-state index contributed by atoms with van der Waals surface area (Å²) in [5, 5.41) is -4.64. The lowest BCUT2D eigenvalue weighted by molar-refractivity contribution is -0.350. The Morgan fingerprint density at radius 2 is 1.48 bits per heavy atom. The molecule has 0 saturated heterocycles. The highest BCUT2D eigenvalue weighted by Crippen LogP contribution is 2.42. The molecule has 0 aliphatic heterocycles. The Labute approximate surface area is 170 Å². The van der Waals surface area contributed by atoms with Gasteiger partial charge in [-0.05, 0) is 20.8 Å². The lowest BCUT2D eigenvalue weighted by Gasteiger charge is -2.36. The fourth-order valence-corrected chi connectivity index (χ4v) is 2.14. The first kappa shape index (κ1) is 29.0. The van der Waals surface area contributed by atoms with Crippen molar-refractivity contribution in [1.29, 1.82) is 0 Å². The van der Waals surface area contributed by atoms with Crippen molar-refractivity contribution < 1.29 is 67.2 Å². The second kappa shape index (κ2) is 8.85. The molecule has 0 rings (SSSR count). The molecule has 0 aromatic carbocycles. The third kappa shape index (κ3) is 6.73. The van der Waals surface area contributed by atoms with Gasteiger partial charge in [0.1, 0.15) is 0 Å². The van der Waals surface area contributed by atoms with Crippen LogP contribution in [0.15, 0.2) is 12.4 Å². The summed E-state index contributed by atoms with van der Waals surface area (Å²) in [5.41, 5.74) is -1.50. The molecule has 0 aliphatic carbocycles. The number of ether oxygens (including phenoxy) is 2. The first-order valence-electron chi connectivity index (χ1n) is 7.73. The zero-order valence-corrected chi connectivity index (χ0v) is 16.7. The van der Waals surface area contributed by atoms with Crippen LogP contribution in [0.4, 0.5) is 35.1 Å². The van der Waals surface area contributed by atoms with Gasteiger partial charge in [0.15, 0.2) is 10.1 Å². The summed E-state index contributed by atoms with van der Waals surface area (Å²) in [7, 11) is -6.96. The Hall–Kier alpha value is -2.01. The van der Waals surface area contributed by atoms with Crippen LogP contribution in [0.25, 0.3) is 0 Å². The molecule has 0 spiro atoms. The van der Waals surface area contributed by atoms with E-state index in [1.54, 1.807) is 5.32 Å². The molecule has 17 heteroatoms. The van der Waals surface area contributed by atoms with Gasteiger partial charge in [-0.3, -0.25) is 4.79 Å². The number of carbonyl (C=O) groups excluding carboxylic acids is 2. The van der Waals surface area contributed by atoms with Crippen LogP contribution < -0.4 is 5.32 Å². The number of amides is 1. The minimum Gasteiger partial charge on any atom is -0.743 e. The van der Waals surface area contributed by atoms with E-state index in [2.05, 4.69) is 16.1 Å². The SMILES string of the molecule is C=C(F)C(=O)OC(OCCC(F)(F)C(F)(F)S(=O)(=O)[O-])(C(=O)NC(C)(C)C)C(F)(F)F. The minimum absolute atomic E-state index is 1.12. The van der Waals surface area contributed by atoms with Crippen LogP contribution in [-0.2, 0) is 29.2 Å². The van der Waals surface area contributed by atoms with E-state index in [-0.39, 0.29) is 0 Å². The lowest BCUT2D eigenvalue weighted by Crippen LogP contribution is -2.64. The molecule has 0 saturated carbocycles. The molecule has 1 atom stereocenters. The quantitative estimate of drug-likeness (QED) is 0.172. The summed E-state index contributed by atoms with van der Waals surface area (Å²) in [6.07, 6.45) is -8.65. The van der Waals surface area contributed by atoms with Crippen molar-refractivity contribution in [2.24, 2.45) is 0 Å². The number of hydrogen-bond donors (Lipinski definition) is 1. The number of halogens is 8. The maximum Gasteiger partial charge on any atom is 0.466 e. The summed E-state index contributed by atoms with van der Waals surface area (Å²) >= 11 is 0. The van der Waals surface area contributed by atoms with Gasteiger partial charge in [-0.1, -0.05) is 6.58 Å². The number of rotatable bonds is 9. The molecular formula is C14H16F8NO7S-. The number of esters is 1. The van der Waals surface area contributed by atoms with Crippen molar-refractivity contribution in [2.45, 2.75) is 55.9 Å². The van der Waals surface area contributed by atoms with E-state index in [0.717, 1.165) is 20.8 Å². The van der Waals surface area contributed by atoms with Gasteiger partial charge in [-0.2, -0.15) is 35.1 Å². The molecule has 182 valence electrons. The maximum absolute atomic E-state index is 13.6. The predicted octanol–water partition coefficient (Wildman–Crippen LogP) is 2.37. The molecule has 0 bridgehead atoms. The Morgan fingerprint density at radius 3 is 1.81 bits per heavy atom. The number of hydrogen-bond acceptors (Lipinski definition) is 7. The molecular weight excluding hydrogens is 478 g/mol. The second-order valence-electron chi connectivity index (χ2n) is 6.89. The molecule has 0 radical (unpaired) electrons. The third-order valence-electron chi connectivity index (χ3n) is 3.08. The van der Waals surface area contributed by atoms with E-state index >= 15 is 0 Å². The van der Waals surface area contributed by atoms with Gasteiger partial charge < -0.3 is 19.3 Å². The summed E-state index contributed by atoms with van der Waals surface area (Å²) in [5.74, 6) is -17.6. The Balaban J connectivity index is 6.14. The third-order valence-corrected chi connectivity index (χ3v) is 4.01. The molecule has 0 aromatic rings. The molecule has 1 amide bonds. The van der Waals surface area contributed by atoms with E-state index in [1.807, 2.05) is 0 Å². The van der Waals surface area contributed by atoms with Crippen LogP contribution in [0, 0.1) is 0 Å². The van der Waals surface area contributed by atoms with Crippen LogP contribution in [0.2, 0.25) is 0 Å². The van der Waals surface area contributed by atoms with Gasteiger partial charge >= 0.3 is 35.0 Å². The van der Waals surface area contributed by atoms with Gasteiger partial charge in [-0.25, -0.2) is 13.2 Å². The Kier molecular flexibility index (Phi) is 8.28. The Bertz CT molecular complexity index is 820. The van der Waals surface area contributed by atoms with Gasteiger partial charge in [0.25, 0.3) is 0 Å². The topological polar surface area (TPSA) is 122 Å². The van der Waals surface area contributed by atoms with Crippen molar-refractivity contribution in [2.75, 3.05) is 6.61 Å². The molecule has 31 heavy (non-hydrogen) atoms. The largest absolute Gasteiger partial charge is 0.743 e. The van der Waals surface area contributed by atoms with Crippen LogP contribution in [0.5, 0.6) is 0 Å². The van der Waals surface area contributed by atoms with Crippen LogP contribution >= 0.6 is 0 Å². The summed E-state index contributed by atoms with van der Waals surface area (Å²) in [6, 6.07) is 0. The molecule has 8 nitrogen and oxygen atoms in total. The zero-order chi connectivity index (χ0) is 25.3. The van der Waals surface area contributed by atoms with Gasteiger partial charge in [-0.15, -0.1) is 0 Å². The first-order valence-corrected chi connectivity index (χ1v) is 9.14. The molecule has 0 fully saturated rings. The van der Waals surface area contributed by atoms with Crippen molar-refractivity contribution in [1.82, 2.24) is 5.32 Å². The predicted molar refractivity (Wildman–Crippen MR) is 83.2 cm³/mol. The Morgan fingerprint density at radius 1 is 1.03 bits per heavy atom. The zero-order valence-electron chi connectivity index (χ0n) is 15.9. The van der Waals surface area contributed by atoms with Crippen molar-refractivity contribution >= 4 is 22.0 Å². The fraction of sp³-hybridized carbons (Fsp3) is 0.714. The molecule has 0 aliphatic rings. The van der Waals surface area contributed by atoms with Crippen molar-refractivity contribution in [3.05, 3.63) is 12.4 Å². The average molecular weight is 494 g/mol. The maximum atomic E-state index is 13.6. The smallest absolute Gasteiger partial charge is 0.466 e. The molecule has 0 aromatic heterocycles. The van der Waals surface area contributed by atoms with Crippen LogP contribution in [0.1, 0.15) is 27.2 Å². The second-order valence-corrected chi connectivity index (χ2v) is 8.31. The number of carbonyl (C=O) groups is 2. The monoisotopic (exact) mass is 494 g/mol. The molecule has 1 unspecified atom stereocenters. The van der Waals surface area contributed by atoms with Gasteiger partial charge in [0, 0.05) is 12.0 Å². The molecule has 1 N–H and O–H groups in total. The van der Waals surface area contributed by atoms with E-state index < -0.39 is 69.5 Å². The van der Waals surface area contributed by atoms with Crippen molar-refractivity contribution in [3.63, 3.8) is 0 Å². The number of alkyl halides is 7. The van der Waals surface area contributed by atoms with E-state index in [1.165, 1.54) is 0 Å².